The van der Waals surface area contributed by atoms with E-state index in [0.717, 1.165) is 16.5 Å². The Kier molecular flexibility index (Phi) is 5.49. The Morgan fingerprint density at radius 3 is 2.56 bits per heavy atom. The molecule has 0 unspecified atom stereocenters. The van der Waals surface area contributed by atoms with E-state index in [0.29, 0.717) is 13.0 Å². The lowest BCUT2D eigenvalue weighted by Crippen LogP contribution is -2.26. The number of halogens is 1. The number of aliphatic carboxylic acids is 1. The van der Waals surface area contributed by atoms with Crippen LogP contribution in [0.3, 0.4) is 0 Å². The topological polar surface area (TPSA) is 46.5 Å². The van der Waals surface area contributed by atoms with Crippen LogP contribution in [0.2, 0.25) is 0 Å². The molecule has 0 amide bonds. The predicted octanol–water partition coefficient (Wildman–Crippen LogP) is 2.87. The molecule has 0 fully saturated rings. The maximum atomic E-state index is 10.9. The minimum atomic E-state index is -0.906. The van der Waals surface area contributed by atoms with Gasteiger partial charge in [0.05, 0.1) is 0 Å². The second kappa shape index (κ2) is 6.66. The lowest BCUT2D eigenvalue weighted by molar-refractivity contribution is -0.150. The summed E-state index contributed by atoms with van der Waals surface area (Å²) in [5.41, 5.74) is 0.965. The summed E-state index contributed by atoms with van der Waals surface area (Å²) in [6, 6.07) is 7.59. The first kappa shape index (κ1) is 13.2. The highest BCUT2D eigenvalue weighted by Crippen LogP contribution is 2.13. The Morgan fingerprint density at radius 1 is 1.44 bits per heavy atom. The van der Waals surface area contributed by atoms with E-state index in [4.69, 9.17) is 9.84 Å². The van der Waals surface area contributed by atoms with Crippen LogP contribution in [0, 0.1) is 0 Å². The summed E-state index contributed by atoms with van der Waals surface area (Å²) < 4.78 is 6.26. The molecule has 1 aromatic rings. The average Bonchev–Trinajstić information content (AvgIpc) is 2.26. The first-order valence-electron chi connectivity index (χ1n) is 5.22. The number of hydrogen-bond donors (Lipinski definition) is 1. The average molecular weight is 287 g/mol. The molecule has 3 nitrogen and oxygen atoms in total. The van der Waals surface area contributed by atoms with Crippen molar-refractivity contribution in [1.82, 2.24) is 0 Å². The van der Waals surface area contributed by atoms with Crippen molar-refractivity contribution < 1.29 is 14.6 Å². The molecule has 0 bridgehead atoms. The number of benzene rings is 1. The molecule has 0 aromatic heterocycles. The van der Waals surface area contributed by atoms with E-state index < -0.39 is 12.1 Å². The molecule has 0 aliphatic heterocycles. The van der Waals surface area contributed by atoms with Crippen molar-refractivity contribution in [1.29, 1.82) is 0 Å². The van der Waals surface area contributed by atoms with Crippen LogP contribution in [0.4, 0.5) is 0 Å². The first-order chi connectivity index (χ1) is 7.63. The van der Waals surface area contributed by atoms with Crippen LogP contribution in [0.5, 0.6) is 0 Å². The van der Waals surface area contributed by atoms with Gasteiger partial charge >= 0.3 is 5.97 Å². The SMILES string of the molecule is CCCO[C@H](Cc1ccc(Br)cc1)C(=O)O. The van der Waals surface area contributed by atoms with Crippen LogP contribution in [-0.2, 0) is 16.0 Å². The molecular formula is C12H15BrO3. The Hall–Kier alpha value is -0.870. The van der Waals surface area contributed by atoms with Crippen molar-refractivity contribution >= 4 is 21.9 Å². The van der Waals surface area contributed by atoms with Gasteiger partial charge < -0.3 is 9.84 Å². The van der Waals surface area contributed by atoms with Gasteiger partial charge in [0.2, 0.25) is 0 Å². The van der Waals surface area contributed by atoms with Gasteiger partial charge in [-0.3, -0.25) is 0 Å². The molecule has 1 rings (SSSR count). The number of carboxylic acids is 1. The summed E-state index contributed by atoms with van der Waals surface area (Å²) in [5, 5.41) is 8.98. The van der Waals surface area contributed by atoms with E-state index in [1.54, 1.807) is 0 Å². The molecule has 4 heteroatoms. The Morgan fingerprint density at radius 2 is 2.06 bits per heavy atom. The molecule has 88 valence electrons. The molecule has 1 atom stereocenters. The highest BCUT2D eigenvalue weighted by Gasteiger charge is 2.17. The number of carbonyl (C=O) groups is 1. The fraction of sp³-hybridized carbons (Fsp3) is 0.417. The lowest BCUT2D eigenvalue weighted by Gasteiger charge is -2.13. The smallest absolute Gasteiger partial charge is 0.333 e. The van der Waals surface area contributed by atoms with Crippen molar-refractivity contribution in [3.8, 4) is 0 Å². The third-order valence-electron chi connectivity index (χ3n) is 2.13. The minimum Gasteiger partial charge on any atom is -0.479 e. The van der Waals surface area contributed by atoms with E-state index in [2.05, 4.69) is 15.9 Å². The van der Waals surface area contributed by atoms with E-state index in [-0.39, 0.29) is 0 Å². The third kappa shape index (κ3) is 4.33. The van der Waals surface area contributed by atoms with Crippen molar-refractivity contribution in [3.63, 3.8) is 0 Å². The summed E-state index contributed by atoms with van der Waals surface area (Å²) in [6.07, 6.45) is 0.480. The molecule has 0 radical (unpaired) electrons. The van der Waals surface area contributed by atoms with Crippen LogP contribution in [0.15, 0.2) is 28.7 Å². The fourth-order valence-corrected chi connectivity index (χ4v) is 1.58. The van der Waals surface area contributed by atoms with Crippen molar-refractivity contribution in [2.45, 2.75) is 25.9 Å². The second-order valence-corrected chi connectivity index (χ2v) is 4.44. The molecule has 1 aromatic carbocycles. The van der Waals surface area contributed by atoms with Gasteiger partial charge in [-0.25, -0.2) is 4.79 Å². The Labute approximate surface area is 104 Å². The van der Waals surface area contributed by atoms with Crippen LogP contribution in [-0.4, -0.2) is 23.8 Å². The Balaban J connectivity index is 2.60. The summed E-state index contributed by atoms with van der Waals surface area (Å²) >= 11 is 3.33. The maximum absolute atomic E-state index is 10.9. The highest BCUT2D eigenvalue weighted by atomic mass is 79.9. The molecule has 0 aliphatic carbocycles. The fourth-order valence-electron chi connectivity index (χ4n) is 1.31. The van der Waals surface area contributed by atoms with Crippen molar-refractivity contribution in [2.75, 3.05) is 6.61 Å². The van der Waals surface area contributed by atoms with Gasteiger partial charge in [-0.05, 0) is 24.1 Å². The standard InChI is InChI=1S/C12H15BrO3/c1-2-7-16-11(12(14)15)8-9-3-5-10(13)6-4-9/h3-6,11H,2,7-8H2,1H3,(H,14,15)/t11-/m1/s1. The lowest BCUT2D eigenvalue weighted by atomic mass is 10.1. The van der Waals surface area contributed by atoms with Gasteiger partial charge in [0.25, 0.3) is 0 Å². The Bertz CT molecular complexity index is 335. The zero-order valence-corrected chi connectivity index (χ0v) is 10.7. The number of rotatable bonds is 6. The van der Waals surface area contributed by atoms with E-state index >= 15 is 0 Å². The van der Waals surface area contributed by atoms with E-state index in [1.165, 1.54) is 0 Å². The molecular weight excluding hydrogens is 272 g/mol. The molecule has 0 heterocycles. The van der Waals surface area contributed by atoms with Gasteiger partial charge in [0.1, 0.15) is 0 Å². The predicted molar refractivity (Wildman–Crippen MR) is 65.5 cm³/mol. The molecule has 0 aliphatic rings. The monoisotopic (exact) mass is 286 g/mol. The first-order valence-corrected chi connectivity index (χ1v) is 6.01. The van der Waals surface area contributed by atoms with Gasteiger partial charge in [0.15, 0.2) is 6.10 Å². The number of carboxylic acid groups (broad SMARTS) is 1. The van der Waals surface area contributed by atoms with Crippen LogP contribution in [0.1, 0.15) is 18.9 Å². The second-order valence-electron chi connectivity index (χ2n) is 3.53. The molecule has 0 spiro atoms. The van der Waals surface area contributed by atoms with Crippen LogP contribution in [0.25, 0.3) is 0 Å². The van der Waals surface area contributed by atoms with E-state index in [1.807, 2.05) is 31.2 Å². The largest absolute Gasteiger partial charge is 0.479 e. The third-order valence-corrected chi connectivity index (χ3v) is 2.66. The summed E-state index contributed by atoms with van der Waals surface area (Å²) in [4.78, 5) is 10.9. The summed E-state index contributed by atoms with van der Waals surface area (Å²) in [7, 11) is 0. The van der Waals surface area contributed by atoms with Crippen molar-refractivity contribution in [3.05, 3.63) is 34.3 Å². The molecule has 16 heavy (non-hydrogen) atoms. The summed E-state index contributed by atoms with van der Waals surface area (Å²) in [6.45, 7) is 2.44. The summed E-state index contributed by atoms with van der Waals surface area (Å²) in [5.74, 6) is -0.906. The van der Waals surface area contributed by atoms with Gasteiger partial charge in [0, 0.05) is 17.5 Å². The van der Waals surface area contributed by atoms with Gasteiger partial charge in [-0.2, -0.15) is 0 Å². The minimum absolute atomic E-state index is 0.405. The number of hydrogen-bond acceptors (Lipinski definition) is 2. The zero-order chi connectivity index (χ0) is 12.0. The van der Waals surface area contributed by atoms with Crippen LogP contribution >= 0.6 is 15.9 Å². The highest BCUT2D eigenvalue weighted by molar-refractivity contribution is 9.10. The molecule has 0 saturated heterocycles. The number of ether oxygens (including phenoxy) is 1. The van der Waals surface area contributed by atoms with Gasteiger partial charge in [-0.15, -0.1) is 0 Å². The molecule has 1 N–H and O–H groups in total. The normalized spacial score (nSPS) is 12.4. The maximum Gasteiger partial charge on any atom is 0.333 e. The van der Waals surface area contributed by atoms with E-state index in [9.17, 15) is 4.79 Å². The van der Waals surface area contributed by atoms with Crippen molar-refractivity contribution in [2.24, 2.45) is 0 Å². The van der Waals surface area contributed by atoms with Crippen LogP contribution < -0.4 is 0 Å². The quantitative estimate of drug-likeness (QED) is 0.875. The zero-order valence-electron chi connectivity index (χ0n) is 9.15. The molecule has 0 saturated carbocycles. The van der Waals surface area contributed by atoms with Gasteiger partial charge in [-0.1, -0.05) is 35.0 Å².